The summed E-state index contributed by atoms with van der Waals surface area (Å²) >= 11 is 1.40. The first-order valence-electron chi connectivity index (χ1n) is 18.5. The number of aromatic nitrogens is 1. The molecule has 2 aromatic heterocycles. The zero-order valence-corrected chi connectivity index (χ0v) is 33.3. The Bertz CT molecular complexity index is 1710. The van der Waals surface area contributed by atoms with E-state index in [1.165, 1.54) is 23.6 Å². The summed E-state index contributed by atoms with van der Waals surface area (Å²) in [5.74, 6) is -4.82. The van der Waals surface area contributed by atoms with Crippen molar-refractivity contribution >= 4 is 46.8 Å². The lowest BCUT2D eigenvalue weighted by Crippen LogP contribution is -2.62. The molecule has 0 saturated carbocycles. The molecule has 3 aromatic rings. The van der Waals surface area contributed by atoms with Crippen molar-refractivity contribution in [3.63, 3.8) is 0 Å². The molecule has 6 N–H and O–H groups in total. The summed E-state index contributed by atoms with van der Waals surface area (Å²) in [7, 11) is 3.42. The standard InChI is InChI=1S/C40H55N7O7S/c1-7-26(4)36(38(52)45-37(51)30-17-11-12-18-42-30)44-34(49)23-33(48)32(20-25(2)3)47(39(53)29(41)22-28-16-13-19-55-28)40(54)31(43-35(50)24-46(5)6)21-27-14-9-8-10-15-27/h8-19,25-26,29,31-33,36,48H,7,20-24,41H2,1-6H3,(H,43,50)(H,44,49)(H,45,51,52)/t26-,29-,31-,32-,33-,36-/m0/s1. The second-order valence-corrected chi connectivity index (χ2v) is 15.4. The van der Waals surface area contributed by atoms with E-state index in [0.717, 1.165) is 15.3 Å². The first kappa shape index (κ1) is 44.6. The van der Waals surface area contributed by atoms with E-state index in [-0.39, 0.29) is 37.4 Å². The number of nitrogens with one attached hydrogen (secondary N) is 3. The number of benzene rings is 1. The number of nitrogens with zero attached hydrogens (tertiary/aromatic N) is 3. The van der Waals surface area contributed by atoms with Crippen LogP contribution in [0.25, 0.3) is 0 Å². The minimum absolute atomic E-state index is 0.0206. The van der Waals surface area contributed by atoms with Gasteiger partial charge in [0.1, 0.15) is 17.8 Å². The Morgan fingerprint density at radius 1 is 0.873 bits per heavy atom. The van der Waals surface area contributed by atoms with E-state index in [1.807, 2.05) is 44.4 Å². The van der Waals surface area contributed by atoms with Gasteiger partial charge in [0.25, 0.3) is 11.8 Å². The number of hydrogen-bond donors (Lipinski definition) is 5. The summed E-state index contributed by atoms with van der Waals surface area (Å²) in [5.41, 5.74) is 7.24. The molecule has 0 bridgehead atoms. The number of pyridine rings is 1. The molecule has 298 valence electrons. The molecule has 14 nitrogen and oxygen atoms in total. The van der Waals surface area contributed by atoms with Gasteiger partial charge in [0.15, 0.2) is 0 Å². The molecule has 0 spiro atoms. The molecule has 2 heterocycles. The third kappa shape index (κ3) is 14.1. The van der Waals surface area contributed by atoms with E-state index in [9.17, 15) is 33.9 Å². The van der Waals surface area contributed by atoms with Gasteiger partial charge >= 0.3 is 0 Å². The molecular weight excluding hydrogens is 723 g/mol. The van der Waals surface area contributed by atoms with E-state index in [0.29, 0.717) is 6.42 Å². The zero-order valence-electron chi connectivity index (χ0n) is 32.4. The number of aliphatic hydroxyl groups excluding tert-OH is 1. The third-order valence-corrected chi connectivity index (χ3v) is 9.90. The van der Waals surface area contributed by atoms with Crippen LogP contribution in [0, 0.1) is 11.8 Å². The Kier molecular flexibility index (Phi) is 17.7. The normalized spacial score (nSPS) is 14.6. The summed E-state index contributed by atoms with van der Waals surface area (Å²) in [6.07, 6.45) is -0.0708. The minimum atomic E-state index is -1.60. The number of nitrogens with two attached hydrogens (primary N) is 1. The summed E-state index contributed by atoms with van der Waals surface area (Å²) in [6, 6.07) is 12.5. The van der Waals surface area contributed by atoms with E-state index in [2.05, 4.69) is 20.9 Å². The van der Waals surface area contributed by atoms with Gasteiger partial charge in [-0.3, -0.25) is 44.0 Å². The van der Waals surface area contributed by atoms with Crippen LogP contribution in [0.3, 0.4) is 0 Å². The van der Waals surface area contributed by atoms with Gasteiger partial charge in [0, 0.05) is 23.9 Å². The molecule has 6 amide bonds. The van der Waals surface area contributed by atoms with Crippen molar-refractivity contribution in [2.24, 2.45) is 17.6 Å². The predicted molar refractivity (Wildman–Crippen MR) is 210 cm³/mol. The maximum absolute atomic E-state index is 14.8. The van der Waals surface area contributed by atoms with Crippen molar-refractivity contribution in [3.05, 3.63) is 88.4 Å². The Hall–Kier alpha value is -4.83. The molecule has 6 atom stereocenters. The van der Waals surface area contributed by atoms with Gasteiger partial charge in [0.05, 0.1) is 31.2 Å². The second-order valence-electron chi connectivity index (χ2n) is 14.4. The van der Waals surface area contributed by atoms with Crippen molar-refractivity contribution in [2.45, 2.75) is 90.1 Å². The van der Waals surface area contributed by atoms with Gasteiger partial charge in [0.2, 0.25) is 23.6 Å². The molecular formula is C40H55N7O7S. The average molecular weight is 778 g/mol. The molecule has 0 fully saturated rings. The van der Waals surface area contributed by atoms with Crippen LogP contribution in [0.2, 0.25) is 0 Å². The summed E-state index contributed by atoms with van der Waals surface area (Å²) in [5, 5.41) is 21.4. The van der Waals surface area contributed by atoms with Crippen molar-refractivity contribution in [1.29, 1.82) is 0 Å². The molecule has 0 aliphatic heterocycles. The molecule has 55 heavy (non-hydrogen) atoms. The molecule has 0 radical (unpaired) electrons. The zero-order chi connectivity index (χ0) is 40.7. The van der Waals surface area contributed by atoms with Gasteiger partial charge in [-0.1, -0.05) is 76.6 Å². The molecule has 15 heteroatoms. The van der Waals surface area contributed by atoms with E-state index >= 15 is 0 Å². The Morgan fingerprint density at radius 3 is 2.15 bits per heavy atom. The number of aliphatic hydroxyl groups is 1. The minimum Gasteiger partial charge on any atom is -0.390 e. The van der Waals surface area contributed by atoms with Crippen molar-refractivity contribution in [3.8, 4) is 0 Å². The van der Waals surface area contributed by atoms with E-state index < -0.39 is 78.1 Å². The van der Waals surface area contributed by atoms with Crippen LogP contribution in [0.5, 0.6) is 0 Å². The van der Waals surface area contributed by atoms with E-state index in [1.54, 1.807) is 62.3 Å². The summed E-state index contributed by atoms with van der Waals surface area (Å²) in [4.78, 5) is 89.3. The third-order valence-electron chi connectivity index (χ3n) is 9.00. The van der Waals surface area contributed by atoms with Crippen LogP contribution < -0.4 is 21.7 Å². The van der Waals surface area contributed by atoms with Crippen LogP contribution >= 0.6 is 11.3 Å². The van der Waals surface area contributed by atoms with Gasteiger partial charge in [-0.2, -0.15) is 0 Å². The number of amides is 6. The van der Waals surface area contributed by atoms with Gasteiger partial charge in [-0.05, 0) is 61.5 Å². The first-order chi connectivity index (χ1) is 26.1. The van der Waals surface area contributed by atoms with Gasteiger partial charge < -0.3 is 26.4 Å². The number of likely N-dealkylation sites (N-methyl/N-ethyl adjacent to an activating group) is 1. The van der Waals surface area contributed by atoms with Crippen molar-refractivity contribution < 1.29 is 33.9 Å². The number of imide groups is 2. The number of thiophene rings is 1. The largest absolute Gasteiger partial charge is 0.390 e. The highest BCUT2D eigenvalue weighted by Crippen LogP contribution is 2.23. The molecule has 0 saturated heterocycles. The fraction of sp³-hybridized carbons (Fsp3) is 0.475. The van der Waals surface area contributed by atoms with Crippen molar-refractivity contribution in [2.75, 3.05) is 20.6 Å². The van der Waals surface area contributed by atoms with Crippen LogP contribution in [0.1, 0.15) is 67.9 Å². The smallest absolute Gasteiger partial charge is 0.276 e. The predicted octanol–water partition coefficient (Wildman–Crippen LogP) is 2.31. The Morgan fingerprint density at radius 2 is 1.56 bits per heavy atom. The molecule has 0 unspecified atom stereocenters. The van der Waals surface area contributed by atoms with Gasteiger partial charge in [-0.25, -0.2) is 0 Å². The molecule has 0 aliphatic rings. The molecule has 3 rings (SSSR count). The summed E-state index contributed by atoms with van der Waals surface area (Å²) in [6.45, 7) is 7.23. The van der Waals surface area contributed by atoms with Crippen LogP contribution in [-0.2, 0) is 36.8 Å². The highest BCUT2D eigenvalue weighted by atomic mass is 32.1. The number of carbonyl (C=O) groups is 6. The topological polar surface area (TPSA) is 204 Å². The molecule has 0 aliphatic carbocycles. The van der Waals surface area contributed by atoms with Crippen LogP contribution in [0.4, 0.5) is 0 Å². The average Bonchev–Trinajstić information content (AvgIpc) is 3.66. The SMILES string of the molecule is CC[C@H](C)[C@H](NC(=O)C[C@H](O)[C@H](CC(C)C)N(C(=O)[C@H](Cc1ccccc1)NC(=O)CN(C)C)C(=O)[C@@H](N)Cc1cccs1)C(=O)NC(=O)c1ccccn1. The lowest BCUT2D eigenvalue weighted by atomic mass is 9.92. The number of hydrogen-bond acceptors (Lipinski definition) is 11. The fourth-order valence-electron chi connectivity index (χ4n) is 6.02. The molecule has 1 aromatic carbocycles. The van der Waals surface area contributed by atoms with Crippen LogP contribution in [0.15, 0.2) is 72.2 Å². The second kappa shape index (κ2) is 21.9. The van der Waals surface area contributed by atoms with Gasteiger partial charge in [-0.15, -0.1) is 11.3 Å². The Balaban J connectivity index is 1.97. The van der Waals surface area contributed by atoms with Crippen molar-refractivity contribution in [1.82, 2.24) is 30.7 Å². The van der Waals surface area contributed by atoms with E-state index in [4.69, 9.17) is 5.73 Å². The fourth-order valence-corrected chi connectivity index (χ4v) is 6.79. The first-order valence-corrected chi connectivity index (χ1v) is 19.4. The highest BCUT2D eigenvalue weighted by Gasteiger charge is 2.41. The summed E-state index contributed by atoms with van der Waals surface area (Å²) < 4.78 is 0. The quantitative estimate of drug-likeness (QED) is 0.113. The van der Waals surface area contributed by atoms with Crippen LogP contribution in [-0.4, -0.2) is 106 Å². The Labute approximate surface area is 327 Å². The maximum atomic E-state index is 14.8. The number of rotatable bonds is 20. The lowest BCUT2D eigenvalue weighted by Gasteiger charge is -2.38. The maximum Gasteiger partial charge on any atom is 0.276 e. The number of carbonyl (C=O) groups excluding carboxylic acids is 6. The highest BCUT2D eigenvalue weighted by molar-refractivity contribution is 7.09. The monoisotopic (exact) mass is 777 g/mol. The lowest BCUT2D eigenvalue weighted by molar-refractivity contribution is -0.155.